The third-order valence-electron chi connectivity index (χ3n) is 4.64. The minimum absolute atomic E-state index is 0.0131. The predicted octanol–water partition coefficient (Wildman–Crippen LogP) is 3.98. The summed E-state index contributed by atoms with van der Waals surface area (Å²) in [6, 6.07) is 13.8. The molecule has 5 heteroatoms. The summed E-state index contributed by atoms with van der Waals surface area (Å²) in [5, 5.41) is 0. The summed E-state index contributed by atoms with van der Waals surface area (Å²) in [4.78, 5) is 27.0. The smallest absolute Gasteiger partial charge is 0.343 e. The lowest BCUT2D eigenvalue weighted by Crippen LogP contribution is -2.47. The third-order valence-corrected chi connectivity index (χ3v) is 6.10. The van der Waals surface area contributed by atoms with Gasteiger partial charge in [-0.15, -0.1) is 0 Å². The Bertz CT molecular complexity index is 859. The largest absolute Gasteiger partial charge is 0.458 e. The van der Waals surface area contributed by atoms with Gasteiger partial charge in [0, 0.05) is 17.7 Å². The van der Waals surface area contributed by atoms with E-state index in [1.165, 1.54) is 11.8 Å². The normalized spacial score (nSPS) is 21.2. The lowest BCUT2D eigenvalue weighted by Gasteiger charge is -2.28. The highest BCUT2D eigenvalue weighted by atomic mass is 32.2. The number of thioether (sulfide) groups is 1. The number of carbonyl (C=O) groups excluding carboxylic acids is 2. The highest BCUT2D eigenvalue weighted by molar-refractivity contribution is 8.02. The van der Waals surface area contributed by atoms with Crippen molar-refractivity contribution < 1.29 is 14.3 Å². The van der Waals surface area contributed by atoms with Crippen LogP contribution in [0.3, 0.4) is 0 Å². The zero-order valence-corrected chi connectivity index (χ0v) is 15.1. The van der Waals surface area contributed by atoms with E-state index in [2.05, 4.69) is 6.07 Å². The van der Waals surface area contributed by atoms with E-state index in [1.807, 2.05) is 50.2 Å². The van der Waals surface area contributed by atoms with E-state index >= 15 is 0 Å². The summed E-state index contributed by atoms with van der Waals surface area (Å²) in [6.07, 6.45) is 0.858. The van der Waals surface area contributed by atoms with Crippen LogP contribution in [-0.2, 0) is 20.9 Å². The van der Waals surface area contributed by atoms with Gasteiger partial charge in [-0.05, 0) is 31.5 Å². The minimum atomic E-state index is -0.945. The summed E-state index contributed by atoms with van der Waals surface area (Å²) < 4.78 is 5.65. The molecule has 128 valence electrons. The average Bonchev–Trinajstić information content (AvgIpc) is 3.08. The first-order valence-electron chi connectivity index (χ1n) is 8.35. The van der Waals surface area contributed by atoms with Crippen molar-refractivity contribution in [3.8, 4) is 0 Å². The van der Waals surface area contributed by atoms with Crippen molar-refractivity contribution in [2.45, 2.75) is 43.1 Å². The number of aryl methyl sites for hydroxylation is 2. The van der Waals surface area contributed by atoms with Gasteiger partial charge < -0.3 is 4.74 Å². The number of benzene rings is 2. The Kier molecular flexibility index (Phi) is 3.84. The van der Waals surface area contributed by atoms with Crippen LogP contribution in [0.15, 0.2) is 47.4 Å². The molecule has 1 atom stereocenters. The molecule has 2 heterocycles. The van der Waals surface area contributed by atoms with Crippen molar-refractivity contribution in [3.05, 3.63) is 59.2 Å². The van der Waals surface area contributed by atoms with Gasteiger partial charge in [-0.3, -0.25) is 9.69 Å². The van der Waals surface area contributed by atoms with Gasteiger partial charge in [0.2, 0.25) is 5.91 Å². The number of para-hydroxylation sites is 1. The monoisotopic (exact) mass is 353 g/mol. The molecule has 0 bridgehead atoms. The van der Waals surface area contributed by atoms with Gasteiger partial charge >= 0.3 is 5.97 Å². The zero-order chi connectivity index (χ0) is 17.6. The Morgan fingerprint density at radius 2 is 1.92 bits per heavy atom. The van der Waals surface area contributed by atoms with E-state index in [1.54, 1.807) is 4.90 Å². The fourth-order valence-electron chi connectivity index (χ4n) is 3.69. The number of hydrogen-bond donors (Lipinski definition) is 0. The van der Waals surface area contributed by atoms with Crippen LogP contribution in [-0.4, -0.2) is 16.7 Å². The molecular formula is C20H19NO3S. The van der Waals surface area contributed by atoms with Crippen LogP contribution in [0, 0.1) is 13.8 Å². The molecule has 2 aromatic carbocycles. The molecule has 25 heavy (non-hydrogen) atoms. The maximum absolute atomic E-state index is 13.0. The Hall–Kier alpha value is -2.27. The molecule has 0 N–H and O–H groups in total. The number of ether oxygens (including phenoxy) is 1. The van der Waals surface area contributed by atoms with E-state index in [0.717, 1.165) is 27.3 Å². The summed E-state index contributed by atoms with van der Waals surface area (Å²) in [6.45, 7) is 4.28. The van der Waals surface area contributed by atoms with Crippen LogP contribution in [0.5, 0.6) is 0 Å². The number of hydrogen-bond acceptors (Lipinski definition) is 4. The molecule has 2 aliphatic rings. The Balaban J connectivity index is 1.58. The van der Waals surface area contributed by atoms with Crippen LogP contribution in [0.2, 0.25) is 0 Å². The lowest BCUT2D eigenvalue weighted by molar-refractivity contribution is -0.148. The Labute approximate surface area is 151 Å². The summed E-state index contributed by atoms with van der Waals surface area (Å²) >= 11 is 1.44. The van der Waals surface area contributed by atoms with Crippen LogP contribution < -0.4 is 4.90 Å². The first kappa shape index (κ1) is 16.2. The average molecular weight is 353 g/mol. The molecule has 2 aromatic rings. The lowest BCUT2D eigenvalue weighted by atomic mass is 10.1. The fourth-order valence-corrected chi connectivity index (χ4v) is 5.10. The van der Waals surface area contributed by atoms with E-state index < -0.39 is 4.87 Å². The number of fused-ring (bicyclic) bond motifs is 3. The number of carbonyl (C=O) groups is 2. The molecule has 0 spiro atoms. The molecule has 0 aromatic heterocycles. The molecule has 2 aliphatic heterocycles. The minimum Gasteiger partial charge on any atom is -0.458 e. The second-order valence-electron chi connectivity index (χ2n) is 6.66. The Morgan fingerprint density at radius 1 is 1.20 bits per heavy atom. The van der Waals surface area contributed by atoms with Crippen molar-refractivity contribution >= 4 is 29.3 Å². The summed E-state index contributed by atoms with van der Waals surface area (Å²) in [7, 11) is 0. The Morgan fingerprint density at radius 3 is 2.68 bits per heavy atom. The van der Waals surface area contributed by atoms with E-state index in [0.29, 0.717) is 12.8 Å². The SMILES string of the molecule is Cc1cc(C)cc(COC(=O)C23CCC(=O)N2c2ccccc2S3)c1. The van der Waals surface area contributed by atoms with Gasteiger partial charge in [-0.1, -0.05) is 53.2 Å². The molecule has 4 nitrogen and oxygen atoms in total. The highest BCUT2D eigenvalue weighted by Crippen LogP contribution is 2.56. The molecule has 1 unspecified atom stereocenters. The second-order valence-corrected chi connectivity index (χ2v) is 7.97. The van der Waals surface area contributed by atoms with Gasteiger partial charge in [0.1, 0.15) is 6.61 Å². The van der Waals surface area contributed by atoms with Crippen molar-refractivity contribution in [1.29, 1.82) is 0 Å². The van der Waals surface area contributed by atoms with Crippen LogP contribution >= 0.6 is 11.8 Å². The van der Waals surface area contributed by atoms with Crippen molar-refractivity contribution in [2.75, 3.05) is 4.90 Å². The number of nitrogens with zero attached hydrogens (tertiary/aromatic N) is 1. The van der Waals surface area contributed by atoms with E-state index in [4.69, 9.17) is 4.74 Å². The van der Waals surface area contributed by atoms with Crippen molar-refractivity contribution in [2.24, 2.45) is 0 Å². The number of anilines is 1. The first-order valence-corrected chi connectivity index (χ1v) is 9.17. The fraction of sp³-hybridized carbons (Fsp3) is 0.300. The molecular weight excluding hydrogens is 334 g/mol. The molecule has 4 rings (SSSR count). The highest BCUT2D eigenvalue weighted by Gasteiger charge is 2.58. The predicted molar refractivity (Wildman–Crippen MR) is 97.5 cm³/mol. The molecule has 0 radical (unpaired) electrons. The third kappa shape index (κ3) is 2.63. The van der Waals surface area contributed by atoms with Crippen LogP contribution in [0.1, 0.15) is 29.5 Å². The van der Waals surface area contributed by atoms with Crippen molar-refractivity contribution in [3.63, 3.8) is 0 Å². The maximum Gasteiger partial charge on any atom is 0.343 e. The zero-order valence-electron chi connectivity index (χ0n) is 14.2. The van der Waals surface area contributed by atoms with Crippen LogP contribution in [0.25, 0.3) is 0 Å². The summed E-state index contributed by atoms with van der Waals surface area (Å²) in [5.74, 6) is -0.348. The van der Waals surface area contributed by atoms with Gasteiger partial charge in [-0.2, -0.15) is 0 Å². The van der Waals surface area contributed by atoms with E-state index in [-0.39, 0.29) is 18.5 Å². The van der Waals surface area contributed by atoms with Gasteiger partial charge in [0.15, 0.2) is 4.87 Å². The first-order chi connectivity index (χ1) is 12.0. The molecule has 1 saturated heterocycles. The number of esters is 1. The van der Waals surface area contributed by atoms with Crippen LogP contribution in [0.4, 0.5) is 5.69 Å². The number of rotatable bonds is 3. The molecule has 0 saturated carbocycles. The van der Waals surface area contributed by atoms with Gasteiger partial charge in [-0.25, -0.2) is 4.79 Å². The maximum atomic E-state index is 13.0. The number of amides is 1. The molecule has 1 fully saturated rings. The standard InChI is InChI=1S/C20H19NO3S/c1-13-9-14(2)11-15(10-13)12-24-19(23)20-8-7-18(22)21(20)16-5-3-4-6-17(16)25-20/h3-6,9-11H,7-8,12H2,1-2H3. The quantitative estimate of drug-likeness (QED) is 0.783. The van der Waals surface area contributed by atoms with Crippen molar-refractivity contribution in [1.82, 2.24) is 0 Å². The molecule has 0 aliphatic carbocycles. The summed E-state index contributed by atoms with van der Waals surface area (Å²) in [5.41, 5.74) is 4.08. The molecule has 1 amide bonds. The second kappa shape index (κ2) is 5.92. The van der Waals surface area contributed by atoms with Gasteiger partial charge in [0.25, 0.3) is 0 Å². The van der Waals surface area contributed by atoms with Gasteiger partial charge in [0.05, 0.1) is 5.69 Å². The topological polar surface area (TPSA) is 46.6 Å². The van der Waals surface area contributed by atoms with E-state index in [9.17, 15) is 9.59 Å².